The molecule has 0 amide bonds. The summed E-state index contributed by atoms with van der Waals surface area (Å²) in [5.41, 5.74) is 0. The number of nitrogens with zero attached hydrogens (tertiary/aromatic N) is 6. The summed E-state index contributed by atoms with van der Waals surface area (Å²) in [5, 5.41) is 16.3. The van der Waals surface area contributed by atoms with E-state index in [2.05, 4.69) is 46.7 Å². The van der Waals surface area contributed by atoms with Crippen LogP contribution in [0, 0.1) is 0 Å². The Kier molecular flexibility index (Phi) is 3.16. The first kappa shape index (κ1) is 11.8. The first-order valence-electron chi connectivity index (χ1n) is 5.43. The molecule has 1 aliphatic carbocycles. The maximum Gasteiger partial charge on any atom is 0.215 e. The molecule has 2 aromatic rings. The van der Waals surface area contributed by atoms with Crippen molar-refractivity contribution >= 4 is 33.5 Å². The Bertz CT molecular complexity index is 568. The number of tetrazole rings is 1. The molecule has 18 heavy (non-hydrogen) atoms. The number of hydrogen-bond donors (Lipinski definition) is 1. The van der Waals surface area contributed by atoms with E-state index < -0.39 is 0 Å². The average molecular weight is 328 g/mol. The smallest absolute Gasteiger partial charge is 0.215 e. The van der Waals surface area contributed by atoms with Crippen molar-refractivity contribution in [2.45, 2.75) is 29.1 Å². The number of anilines is 1. The molecular formula is C9H10BrN7S. The Morgan fingerprint density at radius 2 is 2.28 bits per heavy atom. The van der Waals surface area contributed by atoms with Gasteiger partial charge in [-0.25, -0.2) is 14.6 Å². The summed E-state index contributed by atoms with van der Waals surface area (Å²) in [7, 11) is 1.82. The maximum atomic E-state index is 4.24. The van der Waals surface area contributed by atoms with E-state index in [1.54, 1.807) is 0 Å². The fourth-order valence-electron chi connectivity index (χ4n) is 1.49. The molecule has 0 unspecified atom stereocenters. The molecule has 7 nitrogen and oxygen atoms in total. The standard InChI is InChI=1S/C9H10BrN7S/c1-11-7-6(10)8(13-4-12-7)18-9-14-15-16-17(9)5-2-3-5/h4-5H,2-3H2,1H3,(H,11,12,13). The summed E-state index contributed by atoms with van der Waals surface area (Å²) in [5.74, 6) is 0.748. The molecular weight excluding hydrogens is 318 g/mol. The van der Waals surface area contributed by atoms with Crippen LogP contribution in [0.15, 0.2) is 21.0 Å². The number of hydrogen-bond acceptors (Lipinski definition) is 7. The monoisotopic (exact) mass is 327 g/mol. The van der Waals surface area contributed by atoms with E-state index in [1.807, 2.05) is 11.7 Å². The van der Waals surface area contributed by atoms with Crippen LogP contribution >= 0.6 is 27.7 Å². The fraction of sp³-hybridized carbons (Fsp3) is 0.444. The summed E-state index contributed by atoms with van der Waals surface area (Å²) < 4.78 is 2.68. The summed E-state index contributed by atoms with van der Waals surface area (Å²) in [6.07, 6.45) is 3.81. The second kappa shape index (κ2) is 4.81. The van der Waals surface area contributed by atoms with Crippen LogP contribution in [0.4, 0.5) is 5.82 Å². The molecule has 0 spiro atoms. The summed E-state index contributed by atoms with van der Waals surface area (Å²) in [6, 6.07) is 0.451. The lowest BCUT2D eigenvalue weighted by atomic mass is 10.6. The van der Waals surface area contributed by atoms with Crippen molar-refractivity contribution in [3.63, 3.8) is 0 Å². The van der Waals surface area contributed by atoms with Crippen LogP contribution in [-0.2, 0) is 0 Å². The number of nitrogens with one attached hydrogen (secondary N) is 1. The summed E-state index contributed by atoms with van der Waals surface area (Å²) >= 11 is 4.91. The van der Waals surface area contributed by atoms with Crippen LogP contribution in [-0.4, -0.2) is 37.2 Å². The van der Waals surface area contributed by atoms with Gasteiger partial charge in [-0.1, -0.05) is 0 Å². The van der Waals surface area contributed by atoms with Crippen LogP contribution in [0.1, 0.15) is 18.9 Å². The van der Waals surface area contributed by atoms with Crippen LogP contribution in [0.3, 0.4) is 0 Å². The van der Waals surface area contributed by atoms with Gasteiger partial charge in [0.1, 0.15) is 17.2 Å². The van der Waals surface area contributed by atoms with Crippen molar-refractivity contribution in [1.29, 1.82) is 0 Å². The highest BCUT2D eigenvalue weighted by molar-refractivity contribution is 9.10. The van der Waals surface area contributed by atoms with Gasteiger partial charge in [0.15, 0.2) is 0 Å². The highest BCUT2D eigenvalue weighted by Gasteiger charge is 2.28. The lowest BCUT2D eigenvalue weighted by Gasteiger charge is -2.06. The zero-order valence-corrected chi connectivity index (χ0v) is 11.9. The van der Waals surface area contributed by atoms with Gasteiger partial charge in [-0.3, -0.25) is 0 Å². The topological polar surface area (TPSA) is 81.4 Å². The van der Waals surface area contributed by atoms with Crippen molar-refractivity contribution in [2.24, 2.45) is 0 Å². The van der Waals surface area contributed by atoms with E-state index in [4.69, 9.17) is 0 Å². The van der Waals surface area contributed by atoms with E-state index in [1.165, 1.54) is 18.1 Å². The third-order valence-corrected chi connectivity index (χ3v) is 4.51. The normalized spacial score (nSPS) is 14.8. The Balaban J connectivity index is 1.89. The zero-order valence-electron chi connectivity index (χ0n) is 9.54. The van der Waals surface area contributed by atoms with Gasteiger partial charge in [-0.05, 0) is 51.0 Å². The minimum atomic E-state index is 0.451. The van der Waals surface area contributed by atoms with Crippen molar-refractivity contribution < 1.29 is 0 Å². The minimum Gasteiger partial charge on any atom is -0.372 e. The molecule has 2 aromatic heterocycles. The molecule has 0 saturated heterocycles. The molecule has 0 bridgehead atoms. The molecule has 1 aliphatic rings. The average Bonchev–Trinajstić information content (AvgIpc) is 3.13. The Morgan fingerprint density at radius 1 is 1.44 bits per heavy atom. The Hall–Kier alpha value is -1.22. The molecule has 94 valence electrons. The molecule has 9 heteroatoms. The minimum absolute atomic E-state index is 0.451. The first-order chi connectivity index (χ1) is 8.79. The number of halogens is 1. The molecule has 1 saturated carbocycles. The van der Waals surface area contributed by atoms with Crippen LogP contribution in [0.25, 0.3) is 0 Å². The molecule has 2 heterocycles. The highest BCUT2D eigenvalue weighted by atomic mass is 79.9. The zero-order chi connectivity index (χ0) is 12.5. The Morgan fingerprint density at radius 3 is 3.00 bits per heavy atom. The van der Waals surface area contributed by atoms with Crippen molar-refractivity contribution in [2.75, 3.05) is 12.4 Å². The second-order valence-corrected chi connectivity index (χ2v) is 5.58. The summed E-state index contributed by atoms with van der Waals surface area (Å²) in [6.45, 7) is 0. The third kappa shape index (κ3) is 2.19. The predicted molar refractivity (Wildman–Crippen MR) is 69.5 cm³/mol. The number of rotatable bonds is 4. The quantitative estimate of drug-likeness (QED) is 0.856. The van der Waals surface area contributed by atoms with Gasteiger partial charge >= 0.3 is 0 Å². The molecule has 0 aliphatic heterocycles. The molecule has 0 aromatic carbocycles. The molecule has 1 fully saturated rings. The van der Waals surface area contributed by atoms with Crippen molar-refractivity contribution in [3.05, 3.63) is 10.8 Å². The van der Waals surface area contributed by atoms with Gasteiger partial charge in [0.2, 0.25) is 5.16 Å². The molecule has 0 radical (unpaired) electrons. The van der Waals surface area contributed by atoms with Crippen molar-refractivity contribution in [3.8, 4) is 0 Å². The summed E-state index contributed by atoms with van der Waals surface area (Å²) in [4.78, 5) is 8.35. The largest absolute Gasteiger partial charge is 0.372 e. The van der Waals surface area contributed by atoms with E-state index in [0.717, 1.165) is 33.3 Å². The second-order valence-electron chi connectivity index (χ2n) is 3.83. The third-order valence-electron chi connectivity index (χ3n) is 2.54. The van der Waals surface area contributed by atoms with E-state index >= 15 is 0 Å². The maximum absolute atomic E-state index is 4.24. The van der Waals surface area contributed by atoms with Crippen molar-refractivity contribution in [1.82, 2.24) is 30.2 Å². The van der Waals surface area contributed by atoms with Gasteiger partial charge < -0.3 is 5.32 Å². The SMILES string of the molecule is CNc1ncnc(Sc2nnnn2C2CC2)c1Br. The molecule has 3 rings (SSSR count). The lowest BCUT2D eigenvalue weighted by molar-refractivity contribution is 0.565. The van der Waals surface area contributed by atoms with Crippen LogP contribution < -0.4 is 5.32 Å². The molecule has 0 atom stereocenters. The lowest BCUT2D eigenvalue weighted by Crippen LogP contribution is -2.00. The fourth-order valence-corrected chi connectivity index (χ4v) is 2.95. The Labute approximate surface area is 116 Å². The van der Waals surface area contributed by atoms with E-state index in [9.17, 15) is 0 Å². The van der Waals surface area contributed by atoms with Crippen LogP contribution in [0.2, 0.25) is 0 Å². The van der Waals surface area contributed by atoms with Gasteiger partial charge in [0.05, 0.1) is 10.5 Å². The predicted octanol–water partition coefficient (Wildman–Crippen LogP) is 1.75. The van der Waals surface area contributed by atoms with Gasteiger partial charge in [-0.15, -0.1) is 5.10 Å². The first-order valence-corrected chi connectivity index (χ1v) is 7.04. The highest BCUT2D eigenvalue weighted by Crippen LogP contribution is 2.39. The van der Waals surface area contributed by atoms with Gasteiger partial charge in [0, 0.05) is 7.05 Å². The number of aromatic nitrogens is 6. The molecule has 1 N–H and O–H groups in total. The van der Waals surface area contributed by atoms with E-state index in [-0.39, 0.29) is 0 Å². The van der Waals surface area contributed by atoms with Crippen LogP contribution in [0.5, 0.6) is 0 Å². The van der Waals surface area contributed by atoms with E-state index in [0.29, 0.717) is 6.04 Å². The van der Waals surface area contributed by atoms with Gasteiger partial charge in [0.25, 0.3) is 0 Å². The van der Waals surface area contributed by atoms with Gasteiger partial charge in [-0.2, -0.15) is 0 Å².